The first-order valence-electron chi connectivity index (χ1n) is 5.73. The summed E-state index contributed by atoms with van der Waals surface area (Å²) in [5.74, 6) is 1.05. The molecule has 0 aromatic carbocycles. The molecule has 0 bridgehead atoms. The second kappa shape index (κ2) is 5.19. The average Bonchev–Trinajstić information content (AvgIpc) is 2.87. The molecule has 1 fully saturated rings. The molecule has 3 rings (SSSR count). The molecular weight excluding hydrogens is 314 g/mol. The zero-order chi connectivity index (χ0) is 12.4. The standard InChI is InChI=1S/C11H12BrN5S/c12-10-14-15-11(18-10)17-7-5-16(6-8-17)9-3-1-2-4-13-9/h1-4H,5-8H2. The Morgan fingerprint density at radius 2 is 1.83 bits per heavy atom. The van der Waals surface area contributed by atoms with Gasteiger partial charge in [0.05, 0.1) is 0 Å². The fourth-order valence-electron chi connectivity index (χ4n) is 1.99. The Bertz CT molecular complexity index is 509. The van der Waals surface area contributed by atoms with Crippen molar-refractivity contribution in [1.29, 1.82) is 0 Å². The van der Waals surface area contributed by atoms with E-state index in [1.165, 1.54) is 0 Å². The third-order valence-corrected chi connectivity index (χ3v) is 4.33. The predicted octanol–water partition coefficient (Wildman–Crippen LogP) is 2.02. The number of rotatable bonds is 2. The number of hydrogen-bond acceptors (Lipinski definition) is 6. The van der Waals surface area contributed by atoms with E-state index in [1.807, 2.05) is 18.3 Å². The van der Waals surface area contributed by atoms with E-state index in [1.54, 1.807) is 11.3 Å². The molecular formula is C11H12BrN5S. The molecule has 7 heteroatoms. The Balaban J connectivity index is 1.65. The monoisotopic (exact) mass is 325 g/mol. The van der Waals surface area contributed by atoms with Crippen LogP contribution in [-0.2, 0) is 0 Å². The van der Waals surface area contributed by atoms with Gasteiger partial charge in [-0.05, 0) is 28.1 Å². The number of halogens is 1. The minimum atomic E-state index is 0.838. The Morgan fingerprint density at radius 3 is 2.44 bits per heavy atom. The summed E-state index contributed by atoms with van der Waals surface area (Å²) in [5.41, 5.74) is 0. The number of nitrogens with zero attached hydrogens (tertiary/aromatic N) is 5. The minimum Gasteiger partial charge on any atom is -0.353 e. The van der Waals surface area contributed by atoms with Gasteiger partial charge in [-0.25, -0.2) is 4.98 Å². The first kappa shape index (κ1) is 11.9. The Hall–Kier alpha value is -1.21. The van der Waals surface area contributed by atoms with Crippen LogP contribution in [0.15, 0.2) is 28.3 Å². The average molecular weight is 326 g/mol. The summed E-state index contributed by atoms with van der Waals surface area (Å²) in [6.45, 7) is 3.85. The molecule has 1 aliphatic heterocycles. The Labute approximate surface area is 118 Å². The second-order valence-corrected chi connectivity index (χ2v) is 6.23. The van der Waals surface area contributed by atoms with Crippen LogP contribution < -0.4 is 9.80 Å². The number of hydrogen-bond donors (Lipinski definition) is 0. The molecule has 2 aromatic heterocycles. The van der Waals surface area contributed by atoms with Gasteiger partial charge in [-0.2, -0.15) is 0 Å². The fourth-order valence-corrected chi connectivity index (χ4v) is 3.13. The van der Waals surface area contributed by atoms with Crippen molar-refractivity contribution in [2.24, 2.45) is 0 Å². The van der Waals surface area contributed by atoms with Crippen LogP contribution in [0.25, 0.3) is 0 Å². The topological polar surface area (TPSA) is 45.2 Å². The van der Waals surface area contributed by atoms with E-state index in [0.717, 1.165) is 41.0 Å². The highest BCUT2D eigenvalue weighted by atomic mass is 79.9. The van der Waals surface area contributed by atoms with Crippen LogP contribution >= 0.6 is 27.3 Å². The van der Waals surface area contributed by atoms with E-state index in [0.29, 0.717) is 0 Å². The van der Waals surface area contributed by atoms with Gasteiger partial charge in [0.1, 0.15) is 5.82 Å². The van der Waals surface area contributed by atoms with Crippen LogP contribution in [0.4, 0.5) is 10.9 Å². The lowest BCUT2D eigenvalue weighted by Crippen LogP contribution is -2.46. The van der Waals surface area contributed by atoms with Crippen LogP contribution in [0.1, 0.15) is 0 Å². The summed E-state index contributed by atoms with van der Waals surface area (Å²) in [5, 5.41) is 9.13. The molecule has 0 atom stereocenters. The lowest BCUT2D eigenvalue weighted by Gasteiger charge is -2.34. The van der Waals surface area contributed by atoms with Crippen molar-refractivity contribution in [2.75, 3.05) is 36.0 Å². The number of anilines is 2. The van der Waals surface area contributed by atoms with E-state index in [2.05, 4.69) is 47.0 Å². The highest BCUT2D eigenvalue weighted by Gasteiger charge is 2.20. The molecule has 0 radical (unpaired) electrons. The van der Waals surface area contributed by atoms with Crippen LogP contribution in [-0.4, -0.2) is 41.4 Å². The highest BCUT2D eigenvalue weighted by molar-refractivity contribution is 9.11. The summed E-state index contributed by atoms with van der Waals surface area (Å²) in [4.78, 5) is 8.94. The van der Waals surface area contributed by atoms with Gasteiger partial charge in [0.25, 0.3) is 0 Å². The van der Waals surface area contributed by atoms with Crippen molar-refractivity contribution >= 4 is 38.2 Å². The number of piperazine rings is 1. The number of pyridine rings is 1. The highest BCUT2D eigenvalue weighted by Crippen LogP contribution is 2.25. The van der Waals surface area contributed by atoms with E-state index in [4.69, 9.17) is 0 Å². The van der Waals surface area contributed by atoms with Crippen LogP contribution in [0, 0.1) is 0 Å². The summed E-state index contributed by atoms with van der Waals surface area (Å²) in [7, 11) is 0. The third kappa shape index (κ3) is 2.46. The van der Waals surface area contributed by atoms with Crippen molar-refractivity contribution in [3.63, 3.8) is 0 Å². The molecule has 0 aliphatic carbocycles. The molecule has 5 nitrogen and oxygen atoms in total. The fraction of sp³-hybridized carbons (Fsp3) is 0.364. The zero-order valence-corrected chi connectivity index (χ0v) is 12.1. The maximum atomic E-state index is 4.38. The summed E-state index contributed by atoms with van der Waals surface area (Å²) in [6, 6.07) is 6.02. The smallest absolute Gasteiger partial charge is 0.209 e. The van der Waals surface area contributed by atoms with Crippen molar-refractivity contribution in [3.05, 3.63) is 28.3 Å². The molecule has 94 valence electrons. The molecule has 18 heavy (non-hydrogen) atoms. The summed E-state index contributed by atoms with van der Waals surface area (Å²) in [6.07, 6.45) is 1.84. The minimum absolute atomic E-state index is 0.838. The van der Waals surface area contributed by atoms with E-state index >= 15 is 0 Å². The molecule has 0 saturated carbocycles. The predicted molar refractivity (Wildman–Crippen MR) is 76.3 cm³/mol. The van der Waals surface area contributed by atoms with Gasteiger partial charge >= 0.3 is 0 Å². The van der Waals surface area contributed by atoms with Crippen LogP contribution in [0.3, 0.4) is 0 Å². The SMILES string of the molecule is Brc1nnc(N2CCN(c3ccccn3)CC2)s1. The zero-order valence-electron chi connectivity index (χ0n) is 9.66. The van der Waals surface area contributed by atoms with Crippen molar-refractivity contribution in [3.8, 4) is 0 Å². The lowest BCUT2D eigenvalue weighted by atomic mass is 10.3. The summed E-state index contributed by atoms with van der Waals surface area (Å²) < 4.78 is 0.838. The van der Waals surface area contributed by atoms with Crippen molar-refractivity contribution in [1.82, 2.24) is 15.2 Å². The lowest BCUT2D eigenvalue weighted by molar-refractivity contribution is 0.644. The molecule has 0 spiro atoms. The van der Waals surface area contributed by atoms with Gasteiger partial charge in [0.2, 0.25) is 5.13 Å². The second-order valence-electron chi connectivity index (χ2n) is 4.00. The first-order chi connectivity index (χ1) is 8.83. The van der Waals surface area contributed by atoms with Crippen LogP contribution in [0.5, 0.6) is 0 Å². The van der Waals surface area contributed by atoms with Crippen molar-refractivity contribution < 1.29 is 0 Å². The van der Waals surface area contributed by atoms with Gasteiger partial charge < -0.3 is 9.80 Å². The molecule has 0 amide bonds. The Kier molecular flexibility index (Phi) is 3.42. The quantitative estimate of drug-likeness (QED) is 0.845. The van der Waals surface area contributed by atoms with E-state index in [-0.39, 0.29) is 0 Å². The van der Waals surface area contributed by atoms with Gasteiger partial charge in [0, 0.05) is 32.4 Å². The van der Waals surface area contributed by atoms with Gasteiger partial charge in [-0.3, -0.25) is 0 Å². The maximum absolute atomic E-state index is 4.38. The molecule has 1 aliphatic rings. The normalized spacial score (nSPS) is 16.1. The molecule has 0 unspecified atom stereocenters. The first-order valence-corrected chi connectivity index (χ1v) is 7.34. The number of aromatic nitrogens is 3. The van der Waals surface area contributed by atoms with Crippen molar-refractivity contribution in [2.45, 2.75) is 0 Å². The van der Waals surface area contributed by atoms with Crippen LogP contribution in [0.2, 0.25) is 0 Å². The summed E-state index contributed by atoms with van der Waals surface area (Å²) >= 11 is 4.92. The van der Waals surface area contributed by atoms with Gasteiger partial charge in [0.15, 0.2) is 3.92 Å². The molecule has 2 aromatic rings. The van der Waals surface area contributed by atoms with E-state index in [9.17, 15) is 0 Å². The van der Waals surface area contributed by atoms with Gasteiger partial charge in [-0.1, -0.05) is 17.4 Å². The van der Waals surface area contributed by atoms with Gasteiger partial charge in [-0.15, -0.1) is 10.2 Å². The largest absolute Gasteiger partial charge is 0.353 e. The molecule has 1 saturated heterocycles. The van der Waals surface area contributed by atoms with E-state index < -0.39 is 0 Å². The Morgan fingerprint density at radius 1 is 1.06 bits per heavy atom. The molecule has 0 N–H and O–H groups in total. The molecule has 3 heterocycles. The third-order valence-electron chi connectivity index (χ3n) is 2.91. The maximum Gasteiger partial charge on any atom is 0.209 e.